The van der Waals surface area contributed by atoms with Crippen LogP contribution in [0.5, 0.6) is 5.75 Å². The fourth-order valence-corrected chi connectivity index (χ4v) is 0.795. The maximum absolute atomic E-state index is 5.00. The number of aryl methyl sites for hydroxylation is 1. The summed E-state index contributed by atoms with van der Waals surface area (Å²) in [5.74, 6) is 5.70. The number of pyridine rings is 1. The summed E-state index contributed by atoms with van der Waals surface area (Å²) in [6, 6.07) is 1.75. The van der Waals surface area contributed by atoms with E-state index in [4.69, 9.17) is 5.90 Å². The van der Waals surface area contributed by atoms with Gasteiger partial charge in [0, 0.05) is 24.0 Å². The van der Waals surface area contributed by atoms with E-state index in [2.05, 4.69) is 9.82 Å². The molecule has 0 aliphatic carbocycles. The molecule has 0 aliphatic rings. The molecule has 1 aromatic rings. The van der Waals surface area contributed by atoms with E-state index in [9.17, 15) is 0 Å². The fourth-order valence-electron chi connectivity index (χ4n) is 0.795. The molecule has 0 spiro atoms. The van der Waals surface area contributed by atoms with Gasteiger partial charge < -0.3 is 4.84 Å². The van der Waals surface area contributed by atoms with Gasteiger partial charge >= 0.3 is 0 Å². The molecule has 1 aromatic heterocycles. The molecule has 0 fully saturated rings. The lowest BCUT2D eigenvalue weighted by Crippen LogP contribution is -2.04. The first-order valence-electron chi connectivity index (χ1n) is 3.18. The third-order valence-electron chi connectivity index (χ3n) is 1.37. The van der Waals surface area contributed by atoms with E-state index < -0.39 is 0 Å². The van der Waals surface area contributed by atoms with Crippen molar-refractivity contribution >= 4 is 0 Å². The monoisotopic (exact) mass is 138 g/mol. The number of nitrogens with two attached hydrogens (primary N) is 1. The Bertz CT molecular complexity index is 190. The van der Waals surface area contributed by atoms with E-state index >= 15 is 0 Å². The molecule has 3 nitrogen and oxygen atoms in total. The third-order valence-corrected chi connectivity index (χ3v) is 1.37. The lowest BCUT2D eigenvalue weighted by atomic mass is 10.2. The van der Waals surface area contributed by atoms with E-state index in [-0.39, 0.29) is 0 Å². The number of hydrogen-bond acceptors (Lipinski definition) is 3. The summed E-state index contributed by atoms with van der Waals surface area (Å²) >= 11 is 0. The summed E-state index contributed by atoms with van der Waals surface area (Å²) in [7, 11) is 0. The topological polar surface area (TPSA) is 48.1 Å². The predicted molar refractivity (Wildman–Crippen MR) is 38.4 cm³/mol. The second kappa shape index (κ2) is 3.17. The summed E-state index contributed by atoms with van der Waals surface area (Å²) in [6.07, 6.45) is 4.30. The van der Waals surface area contributed by atoms with Gasteiger partial charge in [0.1, 0.15) is 0 Å². The zero-order chi connectivity index (χ0) is 7.40. The van der Waals surface area contributed by atoms with Gasteiger partial charge in [-0.3, -0.25) is 4.98 Å². The molecule has 2 N–H and O–H groups in total. The van der Waals surface area contributed by atoms with Crippen LogP contribution in [0, 0.1) is 0 Å². The first-order chi connectivity index (χ1) is 4.88. The van der Waals surface area contributed by atoms with Crippen LogP contribution >= 0.6 is 0 Å². The lowest BCUT2D eigenvalue weighted by molar-refractivity contribution is 0.330. The minimum Gasteiger partial charge on any atom is -0.411 e. The number of hydrogen-bond donors (Lipinski definition) is 1. The van der Waals surface area contributed by atoms with E-state index in [0.29, 0.717) is 5.75 Å². The molecule has 0 saturated carbocycles. The molecule has 0 aliphatic heterocycles. The van der Waals surface area contributed by atoms with Crippen LogP contribution in [0.4, 0.5) is 0 Å². The Morgan fingerprint density at radius 3 is 3.00 bits per heavy atom. The molecule has 1 rings (SSSR count). The first kappa shape index (κ1) is 7.02. The standard InChI is InChI=1S/C7H10N2O/c1-2-6-5-9-4-3-7(6)10-8/h3-5H,2,8H2,1H3. The van der Waals surface area contributed by atoms with Crippen LogP contribution in [-0.2, 0) is 6.42 Å². The molecular weight excluding hydrogens is 128 g/mol. The van der Waals surface area contributed by atoms with Gasteiger partial charge in [-0.15, -0.1) is 0 Å². The van der Waals surface area contributed by atoms with Gasteiger partial charge in [-0.05, 0) is 6.42 Å². The number of nitrogens with zero attached hydrogens (tertiary/aromatic N) is 1. The molecule has 0 saturated heterocycles. The Labute approximate surface area is 59.8 Å². The Kier molecular flexibility index (Phi) is 2.23. The first-order valence-corrected chi connectivity index (χ1v) is 3.18. The highest BCUT2D eigenvalue weighted by Crippen LogP contribution is 2.14. The largest absolute Gasteiger partial charge is 0.411 e. The molecule has 3 heteroatoms. The van der Waals surface area contributed by atoms with Crippen LogP contribution < -0.4 is 10.7 Å². The van der Waals surface area contributed by atoms with Gasteiger partial charge in [0.25, 0.3) is 0 Å². The maximum atomic E-state index is 5.00. The minimum absolute atomic E-state index is 0.706. The van der Waals surface area contributed by atoms with Crippen molar-refractivity contribution in [1.82, 2.24) is 4.98 Å². The van der Waals surface area contributed by atoms with Crippen molar-refractivity contribution in [1.29, 1.82) is 0 Å². The number of aromatic nitrogens is 1. The zero-order valence-electron chi connectivity index (χ0n) is 5.87. The summed E-state index contributed by atoms with van der Waals surface area (Å²) < 4.78 is 0. The Hall–Kier alpha value is -1.09. The zero-order valence-corrected chi connectivity index (χ0v) is 5.87. The van der Waals surface area contributed by atoms with Gasteiger partial charge in [-0.25, -0.2) is 0 Å². The Morgan fingerprint density at radius 2 is 2.50 bits per heavy atom. The highest BCUT2D eigenvalue weighted by molar-refractivity contribution is 5.29. The van der Waals surface area contributed by atoms with Crippen molar-refractivity contribution in [2.45, 2.75) is 13.3 Å². The molecular formula is C7H10N2O. The van der Waals surface area contributed by atoms with Crippen LogP contribution in [0.3, 0.4) is 0 Å². The van der Waals surface area contributed by atoms with Crippen molar-refractivity contribution in [3.63, 3.8) is 0 Å². The van der Waals surface area contributed by atoms with Gasteiger partial charge in [-0.2, -0.15) is 5.90 Å². The highest BCUT2D eigenvalue weighted by atomic mass is 16.6. The molecule has 0 aromatic carbocycles. The van der Waals surface area contributed by atoms with Crippen molar-refractivity contribution in [3.8, 4) is 5.75 Å². The second-order valence-corrected chi connectivity index (χ2v) is 1.95. The number of rotatable bonds is 2. The lowest BCUT2D eigenvalue weighted by Gasteiger charge is -2.01. The van der Waals surface area contributed by atoms with E-state index in [1.165, 1.54) is 0 Å². The van der Waals surface area contributed by atoms with Crippen molar-refractivity contribution in [2.24, 2.45) is 5.90 Å². The van der Waals surface area contributed by atoms with Crippen molar-refractivity contribution < 1.29 is 4.84 Å². The molecule has 1 heterocycles. The van der Waals surface area contributed by atoms with Crippen LogP contribution in [-0.4, -0.2) is 4.98 Å². The minimum atomic E-state index is 0.706. The SMILES string of the molecule is CCc1cnccc1ON. The molecule has 54 valence electrons. The summed E-state index contributed by atoms with van der Waals surface area (Å²) in [5, 5.41) is 0. The normalized spacial score (nSPS) is 9.40. The average molecular weight is 138 g/mol. The third kappa shape index (κ3) is 1.25. The van der Waals surface area contributed by atoms with Crippen molar-refractivity contribution in [2.75, 3.05) is 0 Å². The van der Waals surface area contributed by atoms with Crippen LogP contribution in [0.25, 0.3) is 0 Å². The second-order valence-electron chi connectivity index (χ2n) is 1.95. The molecule has 0 unspecified atom stereocenters. The van der Waals surface area contributed by atoms with E-state index in [1.807, 2.05) is 6.92 Å². The quantitative estimate of drug-likeness (QED) is 0.617. The van der Waals surface area contributed by atoms with E-state index in [1.54, 1.807) is 18.5 Å². The molecule has 0 bridgehead atoms. The van der Waals surface area contributed by atoms with Gasteiger partial charge in [-0.1, -0.05) is 6.92 Å². The summed E-state index contributed by atoms with van der Waals surface area (Å²) in [6.45, 7) is 2.03. The van der Waals surface area contributed by atoms with Crippen LogP contribution in [0.2, 0.25) is 0 Å². The predicted octanol–water partition coefficient (Wildman–Crippen LogP) is 0.896. The smallest absolute Gasteiger partial charge is 0.153 e. The molecule has 0 radical (unpaired) electrons. The summed E-state index contributed by atoms with van der Waals surface area (Å²) in [5.41, 5.74) is 1.03. The average Bonchev–Trinajstić information content (AvgIpc) is 2.04. The van der Waals surface area contributed by atoms with Crippen LogP contribution in [0.1, 0.15) is 12.5 Å². The Balaban J connectivity index is 2.96. The van der Waals surface area contributed by atoms with Gasteiger partial charge in [0.2, 0.25) is 0 Å². The Morgan fingerprint density at radius 1 is 1.70 bits per heavy atom. The molecule has 0 atom stereocenters. The maximum Gasteiger partial charge on any atom is 0.153 e. The van der Waals surface area contributed by atoms with Gasteiger partial charge in [0.05, 0.1) is 0 Å². The van der Waals surface area contributed by atoms with Gasteiger partial charge in [0.15, 0.2) is 5.75 Å². The van der Waals surface area contributed by atoms with Crippen molar-refractivity contribution in [3.05, 3.63) is 24.0 Å². The highest BCUT2D eigenvalue weighted by Gasteiger charge is 1.97. The molecule has 10 heavy (non-hydrogen) atoms. The molecule has 0 amide bonds. The summed E-state index contributed by atoms with van der Waals surface area (Å²) in [4.78, 5) is 8.52. The van der Waals surface area contributed by atoms with E-state index in [0.717, 1.165) is 12.0 Å². The van der Waals surface area contributed by atoms with Crippen LogP contribution in [0.15, 0.2) is 18.5 Å². The fraction of sp³-hybridized carbons (Fsp3) is 0.286.